The lowest BCUT2D eigenvalue weighted by Gasteiger charge is -2.23. The molecule has 0 saturated heterocycles. The number of pyridine rings is 8. The third-order valence-electron chi connectivity index (χ3n) is 21.3. The normalized spacial score (nSPS) is 11.2. The summed E-state index contributed by atoms with van der Waals surface area (Å²) in [4.78, 5) is 110. The van der Waals surface area contributed by atoms with Crippen LogP contribution in [-0.2, 0) is 39.6 Å². The third-order valence-corrected chi connectivity index (χ3v) is 22.0. The van der Waals surface area contributed by atoms with E-state index < -0.39 is 11.7 Å². The van der Waals surface area contributed by atoms with Gasteiger partial charge in [-0.3, -0.25) is 34.1 Å². The fraction of sp³-hybridized carbons (Fsp3) is 0.195. The molecule has 17 rings (SSSR count). The second kappa shape index (κ2) is 55.7. The quantitative estimate of drug-likeness (QED) is 0.0220. The van der Waals surface area contributed by atoms with Gasteiger partial charge in [-0.25, -0.2) is 66.8 Å². The topological polar surface area (TPSA) is 346 Å². The molecule has 33 heteroatoms. The zero-order valence-electron chi connectivity index (χ0n) is 81.2. The van der Waals surface area contributed by atoms with Crippen molar-refractivity contribution in [1.82, 2.24) is 55.5 Å². The molecule has 9 heterocycles. The molecule has 7 aromatic carbocycles. The number of nitrogens with one attached hydrogen (secondary N) is 6. The monoisotopic (exact) mass is 1990 g/mol. The average molecular weight is 2000 g/mol. The summed E-state index contributed by atoms with van der Waals surface area (Å²) in [6.07, 6.45) is 17.2. The number of halogens is 5. The van der Waals surface area contributed by atoms with Crippen molar-refractivity contribution in [2.24, 2.45) is 5.41 Å². The van der Waals surface area contributed by atoms with Gasteiger partial charge in [-0.15, -0.1) is 11.3 Å². The Morgan fingerprint density at radius 1 is 0.349 bits per heavy atom. The van der Waals surface area contributed by atoms with Crippen LogP contribution >= 0.6 is 11.3 Å². The Morgan fingerprint density at radius 3 is 1.18 bits per heavy atom. The minimum absolute atomic E-state index is 0.0754. The standard InChI is InChI=1S/C20H16F2N2O2.C20H23FN2O2.C19H16FN3O2.C19H23FN2O2.C19H17N3O2.C16H13N3O2S/c1-13-5-7-18(17(22)9-13)24-20(25)15-6-8-19(23-11-15)26-12-14-3-2-4-16(21)10-14;1-14-18(20(24)23-17-8-3-2-4-9-17)10-11-19(22-14)25-13-15-6-5-7-16(21)12-15;1-13-2-8-17(21-10-13)23-19(24)15-5-9-18(22-11-15)25-12-14-3-6-16(20)7-4-14;1-19(2,3)10-11-21-18(23)15-6-9-17(22-12-15)24-13-14-4-7-16(20)8-5-14;1-14-6-5-9-17(21-14)22-19(23)16-10-11-18(20-12-16)24-13-15-7-3-2-4-8-15;20-15(19-16-17-8-9-22-16)13-6-7-14(18-10-13)21-11-12-4-2-1-3-5-12/h2-11H,12H2,1H3,(H,24,25);5-7,10-12,17H,2-4,8-9,13H2,1H3,(H,23,24);2-11H,12H2,1H3,(H,21,23,24);4-9,12H,10-11,13H2,1-3H3,(H,21,23);2-12H,13H2,1H3,(H,21,22,23);1-10H,11H2,(H,17,19,20). The highest BCUT2D eigenvalue weighted by atomic mass is 32.1. The Labute approximate surface area is 846 Å². The molecule has 1 saturated carbocycles. The average Bonchev–Trinajstić information content (AvgIpc) is 0.944. The number of aryl methyl sites for hydroxylation is 4. The molecule has 6 amide bonds. The van der Waals surface area contributed by atoms with Gasteiger partial charge in [0.25, 0.3) is 35.4 Å². The first-order valence-corrected chi connectivity index (χ1v) is 47.4. The molecule has 9 aromatic heterocycles. The van der Waals surface area contributed by atoms with E-state index in [-0.39, 0.29) is 95.3 Å². The highest BCUT2D eigenvalue weighted by molar-refractivity contribution is 7.13. The molecule has 0 atom stereocenters. The van der Waals surface area contributed by atoms with Crippen molar-refractivity contribution in [3.05, 3.63) is 446 Å². The molecule has 16 aromatic rings. The van der Waals surface area contributed by atoms with Gasteiger partial charge in [-0.1, -0.05) is 167 Å². The first-order valence-electron chi connectivity index (χ1n) is 46.5. The fourth-order valence-electron chi connectivity index (χ4n) is 13.4. The second-order valence-electron chi connectivity index (χ2n) is 34.3. The van der Waals surface area contributed by atoms with Gasteiger partial charge in [0.1, 0.15) is 80.4 Å². The van der Waals surface area contributed by atoms with Gasteiger partial charge in [0.2, 0.25) is 35.3 Å². The maximum absolute atomic E-state index is 13.8. The lowest BCUT2D eigenvalue weighted by atomic mass is 9.92. The first-order chi connectivity index (χ1) is 70.6. The number of carbonyl (C=O) groups is 6. The van der Waals surface area contributed by atoms with E-state index >= 15 is 0 Å². The van der Waals surface area contributed by atoms with Crippen molar-refractivity contribution < 1.29 is 79.1 Å². The Balaban J connectivity index is 0.000000156. The van der Waals surface area contributed by atoms with E-state index in [1.165, 1.54) is 134 Å². The summed E-state index contributed by atoms with van der Waals surface area (Å²) in [5, 5.41) is 19.0. The number of ether oxygens (including phenoxy) is 6. The molecule has 748 valence electrons. The molecule has 0 radical (unpaired) electrons. The maximum atomic E-state index is 13.8. The van der Waals surface area contributed by atoms with E-state index in [4.69, 9.17) is 28.4 Å². The Hall–Kier alpha value is -17.4. The Kier molecular flexibility index (Phi) is 41.0. The summed E-state index contributed by atoms with van der Waals surface area (Å²) in [7, 11) is 0. The van der Waals surface area contributed by atoms with Gasteiger partial charge in [0, 0.05) is 103 Å². The van der Waals surface area contributed by atoms with Crippen molar-refractivity contribution >= 4 is 69.2 Å². The number of aromatic nitrogens is 9. The largest absolute Gasteiger partial charge is 0.473 e. The molecular formula is C113H108F5N15O12S. The van der Waals surface area contributed by atoms with Crippen LogP contribution < -0.4 is 60.3 Å². The second-order valence-corrected chi connectivity index (χ2v) is 35.2. The molecule has 0 unspecified atom stereocenters. The maximum Gasteiger partial charge on any atom is 0.259 e. The Bertz CT molecular complexity index is 6860. The molecule has 1 fully saturated rings. The van der Waals surface area contributed by atoms with Gasteiger partial charge in [0.15, 0.2) is 5.13 Å². The van der Waals surface area contributed by atoms with Gasteiger partial charge in [0.05, 0.1) is 44.8 Å². The summed E-state index contributed by atoms with van der Waals surface area (Å²) in [6.45, 7) is 16.2. The van der Waals surface area contributed by atoms with Crippen LogP contribution in [0.15, 0.2) is 328 Å². The molecular weight excluding hydrogens is 1890 g/mol. The summed E-state index contributed by atoms with van der Waals surface area (Å²) in [5.74, 6) is 0.303. The van der Waals surface area contributed by atoms with Crippen LogP contribution in [0, 0.1) is 62.2 Å². The van der Waals surface area contributed by atoms with E-state index in [1.807, 2.05) is 92.7 Å². The number of carbonyl (C=O) groups excluding carboxylic acids is 6. The van der Waals surface area contributed by atoms with Crippen LogP contribution in [0.3, 0.4) is 0 Å². The van der Waals surface area contributed by atoms with E-state index in [9.17, 15) is 50.7 Å². The summed E-state index contributed by atoms with van der Waals surface area (Å²) in [6, 6.07) is 77.8. The van der Waals surface area contributed by atoms with E-state index in [0.717, 1.165) is 63.9 Å². The predicted octanol–water partition coefficient (Wildman–Crippen LogP) is 23.4. The van der Waals surface area contributed by atoms with E-state index in [0.29, 0.717) is 117 Å². The minimum atomic E-state index is -0.499. The fourth-order valence-corrected chi connectivity index (χ4v) is 14.0. The SMILES string of the molecule is CC(C)(C)CCNC(=O)c1ccc(OCc2ccc(F)cc2)nc1.Cc1ccc(NC(=O)c2ccc(OCc3ccc(F)cc3)nc2)nc1.Cc1ccc(NC(=O)c2ccc(OCc3cccc(F)c3)nc2)c(F)c1.Cc1cccc(NC(=O)c2ccc(OCc3ccccc3)nc2)n1.Cc1nc(OCc2cccc(F)c2)ccc1C(=O)NC1CCCCC1.O=C(Nc1nccs1)c1ccc(OCc2ccccc2)nc1. The minimum Gasteiger partial charge on any atom is -0.473 e. The smallest absolute Gasteiger partial charge is 0.259 e. The van der Waals surface area contributed by atoms with Crippen molar-refractivity contribution in [1.29, 1.82) is 0 Å². The number of hydrogen-bond acceptors (Lipinski definition) is 22. The van der Waals surface area contributed by atoms with Crippen LogP contribution in [0.2, 0.25) is 0 Å². The highest BCUT2D eigenvalue weighted by Gasteiger charge is 2.21. The number of anilines is 4. The van der Waals surface area contributed by atoms with Crippen LogP contribution in [0.5, 0.6) is 35.3 Å². The molecule has 0 bridgehead atoms. The molecule has 1 aliphatic carbocycles. The predicted molar refractivity (Wildman–Crippen MR) is 548 cm³/mol. The van der Waals surface area contributed by atoms with Crippen molar-refractivity contribution in [2.75, 3.05) is 27.8 Å². The van der Waals surface area contributed by atoms with Crippen LogP contribution in [0.1, 0.15) is 177 Å². The van der Waals surface area contributed by atoms with Crippen molar-refractivity contribution in [3.8, 4) is 35.3 Å². The number of rotatable bonds is 31. The number of hydrogen-bond donors (Lipinski definition) is 6. The van der Waals surface area contributed by atoms with Gasteiger partial charge >= 0.3 is 0 Å². The van der Waals surface area contributed by atoms with Crippen molar-refractivity contribution in [3.63, 3.8) is 0 Å². The lowest BCUT2D eigenvalue weighted by molar-refractivity contribution is 0.0922. The van der Waals surface area contributed by atoms with Gasteiger partial charge < -0.3 is 55.0 Å². The molecule has 6 N–H and O–H groups in total. The van der Waals surface area contributed by atoms with Gasteiger partial charge in [-0.05, 0) is 212 Å². The van der Waals surface area contributed by atoms with E-state index in [1.54, 1.807) is 159 Å². The molecule has 1 aliphatic rings. The first kappa shape index (κ1) is 107. The molecule has 0 aliphatic heterocycles. The highest BCUT2D eigenvalue weighted by Crippen LogP contribution is 2.26. The molecule has 0 spiro atoms. The molecule has 146 heavy (non-hydrogen) atoms. The van der Waals surface area contributed by atoms with Crippen LogP contribution in [-0.4, -0.2) is 92.9 Å². The molecule has 27 nitrogen and oxygen atoms in total. The summed E-state index contributed by atoms with van der Waals surface area (Å²) >= 11 is 1.37. The van der Waals surface area contributed by atoms with Crippen molar-refractivity contribution in [2.45, 2.75) is 133 Å². The zero-order valence-corrected chi connectivity index (χ0v) is 82.0. The third kappa shape index (κ3) is 37.6. The van der Waals surface area contributed by atoms with Crippen LogP contribution in [0.25, 0.3) is 0 Å². The Morgan fingerprint density at radius 2 is 0.767 bits per heavy atom. The number of amides is 6. The van der Waals surface area contributed by atoms with Crippen LogP contribution in [0.4, 0.5) is 44.4 Å². The summed E-state index contributed by atoms with van der Waals surface area (Å²) < 4.78 is 99.1. The number of thiazole rings is 1. The summed E-state index contributed by atoms with van der Waals surface area (Å²) in [5.41, 5.74) is 11.4. The zero-order chi connectivity index (χ0) is 103. The number of benzene rings is 7. The van der Waals surface area contributed by atoms with Gasteiger partial charge in [-0.2, -0.15) is 0 Å². The number of nitrogens with zero attached hydrogens (tertiary/aromatic N) is 9. The lowest BCUT2D eigenvalue weighted by Crippen LogP contribution is -2.36. The van der Waals surface area contributed by atoms with E-state index in [2.05, 4.69) is 97.5 Å².